The summed E-state index contributed by atoms with van der Waals surface area (Å²) in [7, 11) is 0. The lowest BCUT2D eigenvalue weighted by atomic mass is 10.1. The number of carbonyl (C=O) groups is 2. The Balaban J connectivity index is 2.16. The Labute approximate surface area is 178 Å². The second kappa shape index (κ2) is 12.0. The lowest BCUT2D eigenvalue weighted by molar-refractivity contribution is -0.143. The second-order valence-corrected chi connectivity index (χ2v) is 7.32. The molecule has 0 saturated heterocycles. The summed E-state index contributed by atoms with van der Waals surface area (Å²) in [6.45, 7) is 6.61. The molecule has 162 valence electrons. The van der Waals surface area contributed by atoms with Gasteiger partial charge >= 0.3 is 0 Å². The van der Waals surface area contributed by atoms with Gasteiger partial charge in [-0.3, -0.25) is 9.59 Å². The molecule has 0 bridgehead atoms. The first-order valence-electron chi connectivity index (χ1n) is 10.5. The van der Waals surface area contributed by atoms with Crippen molar-refractivity contribution in [2.75, 3.05) is 13.2 Å². The predicted octanol–water partition coefficient (Wildman–Crippen LogP) is 4.24. The second-order valence-electron chi connectivity index (χ2n) is 7.32. The molecule has 6 heteroatoms. The third-order valence-electron chi connectivity index (χ3n) is 4.83. The van der Waals surface area contributed by atoms with Gasteiger partial charge in [-0.2, -0.15) is 0 Å². The fraction of sp³-hybridized carbons (Fsp3) is 0.417. The number of hydrogen-bond acceptors (Lipinski definition) is 3. The van der Waals surface area contributed by atoms with Crippen molar-refractivity contribution >= 4 is 11.8 Å². The van der Waals surface area contributed by atoms with Gasteiger partial charge in [-0.05, 0) is 49.6 Å². The molecule has 1 N–H and O–H groups in total. The van der Waals surface area contributed by atoms with Crippen LogP contribution in [0.25, 0.3) is 0 Å². The molecule has 0 aliphatic rings. The molecule has 30 heavy (non-hydrogen) atoms. The number of nitrogens with one attached hydrogen (secondary N) is 1. The molecule has 0 heterocycles. The normalized spacial score (nSPS) is 11.6. The van der Waals surface area contributed by atoms with Crippen LogP contribution in [0.1, 0.15) is 44.2 Å². The zero-order valence-electron chi connectivity index (χ0n) is 18.0. The van der Waals surface area contributed by atoms with Crippen molar-refractivity contribution < 1.29 is 18.7 Å². The molecule has 5 nitrogen and oxygen atoms in total. The smallest absolute Gasteiger partial charge is 0.261 e. The zero-order valence-corrected chi connectivity index (χ0v) is 18.0. The molecule has 2 rings (SSSR count). The Kier molecular flexibility index (Phi) is 9.32. The number of hydrogen-bond donors (Lipinski definition) is 1. The first-order valence-corrected chi connectivity index (χ1v) is 10.5. The molecule has 1 atom stereocenters. The maximum absolute atomic E-state index is 13.1. The highest BCUT2D eigenvalue weighted by Gasteiger charge is 2.28. The van der Waals surface area contributed by atoms with Crippen molar-refractivity contribution in [2.24, 2.45) is 0 Å². The standard InChI is InChI=1S/C24H31FN2O3/c1-4-6-14-26-24(29)22(5-2)27(16-19-9-7-8-18(3)15-19)23(28)17-30-21-12-10-20(25)11-13-21/h7-13,15,22H,4-6,14,16-17H2,1-3H3,(H,26,29). The minimum absolute atomic E-state index is 0.159. The minimum Gasteiger partial charge on any atom is -0.484 e. The van der Waals surface area contributed by atoms with Crippen LogP contribution in [0.2, 0.25) is 0 Å². The van der Waals surface area contributed by atoms with Crippen LogP contribution in [0.5, 0.6) is 5.75 Å². The summed E-state index contributed by atoms with van der Waals surface area (Å²) in [6.07, 6.45) is 2.36. The lowest BCUT2D eigenvalue weighted by Crippen LogP contribution is -2.50. The summed E-state index contributed by atoms with van der Waals surface area (Å²) in [5.41, 5.74) is 2.04. The van der Waals surface area contributed by atoms with Crippen LogP contribution in [-0.2, 0) is 16.1 Å². The highest BCUT2D eigenvalue weighted by Crippen LogP contribution is 2.16. The number of aryl methyl sites for hydroxylation is 1. The predicted molar refractivity (Wildman–Crippen MR) is 116 cm³/mol. The quantitative estimate of drug-likeness (QED) is 0.560. The van der Waals surface area contributed by atoms with E-state index in [2.05, 4.69) is 12.2 Å². The van der Waals surface area contributed by atoms with E-state index in [-0.39, 0.29) is 24.2 Å². The molecule has 0 aliphatic carbocycles. The summed E-state index contributed by atoms with van der Waals surface area (Å²) < 4.78 is 18.6. The SMILES string of the molecule is CCCCNC(=O)C(CC)N(Cc1cccc(C)c1)C(=O)COc1ccc(F)cc1. The Hall–Kier alpha value is -2.89. The molecule has 0 fully saturated rings. The highest BCUT2D eigenvalue weighted by atomic mass is 19.1. The molecule has 2 aromatic carbocycles. The largest absolute Gasteiger partial charge is 0.484 e. The molecule has 0 saturated carbocycles. The number of rotatable bonds is 11. The summed E-state index contributed by atoms with van der Waals surface area (Å²) in [4.78, 5) is 27.4. The van der Waals surface area contributed by atoms with Gasteiger partial charge in [-0.25, -0.2) is 4.39 Å². The molecule has 2 aromatic rings. The number of amides is 2. The maximum Gasteiger partial charge on any atom is 0.261 e. The average molecular weight is 415 g/mol. The average Bonchev–Trinajstić information content (AvgIpc) is 2.73. The number of nitrogens with zero attached hydrogens (tertiary/aromatic N) is 1. The van der Waals surface area contributed by atoms with Crippen molar-refractivity contribution in [2.45, 2.75) is 52.6 Å². The third-order valence-corrected chi connectivity index (χ3v) is 4.83. The Morgan fingerprint density at radius 1 is 1.13 bits per heavy atom. The van der Waals surface area contributed by atoms with Crippen molar-refractivity contribution in [3.63, 3.8) is 0 Å². The van der Waals surface area contributed by atoms with Crippen LogP contribution in [-0.4, -0.2) is 35.9 Å². The van der Waals surface area contributed by atoms with E-state index < -0.39 is 6.04 Å². The first-order chi connectivity index (χ1) is 14.4. The Morgan fingerprint density at radius 2 is 1.87 bits per heavy atom. The van der Waals surface area contributed by atoms with Gasteiger partial charge in [0.1, 0.15) is 17.6 Å². The van der Waals surface area contributed by atoms with Crippen LogP contribution in [0, 0.1) is 12.7 Å². The molecule has 0 radical (unpaired) electrons. The van der Waals surface area contributed by atoms with E-state index in [9.17, 15) is 14.0 Å². The number of halogens is 1. The zero-order chi connectivity index (χ0) is 21.9. The Bertz CT molecular complexity index is 823. The van der Waals surface area contributed by atoms with Gasteiger partial charge < -0.3 is 15.0 Å². The summed E-state index contributed by atoms with van der Waals surface area (Å²) in [5.74, 6) is -0.419. The minimum atomic E-state index is -0.591. The van der Waals surface area contributed by atoms with Crippen molar-refractivity contribution in [3.8, 4) is 5.75 Å². The third kappa shape index (κ3) is 7.17. The van der Waals surface area contributed by atoms with Gasteiger partial charge in [0.2, 0.25) is 5.91 Å². The van der Waals surface area contributed by atoms with Crippen molar-refractivity contribution in [3.05, 3.63) is 65.5 Å². The van der Waals surface area contributed by atoms with Gasteiger partial charge in [0, 0.05) is 13.1 Å². The van der Waals surface area contributed by atoms with Crippen LogP contribution in [0.3, 0.4) is 0 Å². The number of ether oxygens (including phenoxy) is 1. The first kappa shape index (κ1) is 23.4. The molecular formula is C24H31FN2O3. The van der Waals surface area contributed by atoms with Gasteiger partial charge in [0.25, 0.3) is 5.91 Å². The summed E-state index contributed by atoms with van der Waals surface area (Å²) in [6, 6.07) is 12.8. The number of carbonyl (C=O) groups excluding carboxylic acids is 2. The Morgan fingerprint density at radius 3 is 2.50 bits per heavy atom. The van der Waals surface area contributed by atoms with E-state index in [4.69, 9.17) is 4.74 Å². The van der Waals surface area contributed by atoms with Crippen molar-refractivity contribution in [1.82, 2.24) is 10.2 Å². The van der Waals surface area contributed by atoms with Gasteiger partial charge in [0.05, 0.1) is 0 Å². The topological polar surface area (TPSA) is 58.6 Å². The number of unbranched alkanes of at least 4 members (excludes halogenated alkanes) is 1. The fourth-order valence-corrected chi connectivity index (χ4v) is 3.19. The molecule has 0 aliphatic heterocycles. The van der Waals surface area contributed by atoms with Crippen LogP contribution in [0.15, 0.2) is 48.5 Å². The maximum atomic E-state index is 13.1. The van der Waals surface area contributed by atoms with E-state index in [1.807, 2.05) is 38.1 Å². The van der Waals surface area contributed by atoms with Crippen LogP contribution >= 0.6 is 0 Å². The van der Waals surface area contributed by atoms with Gasteiger partial charge in [0.15, 0.2) is 6.61 Å². The molecule has 0 aromatic heterocycles. The summed E-state index contributed by atoms with van der Waals surface area (Å²) >= 11 is 0. The van der Waals surface area contributed by atoms with Gasteiger partial charge in [-0.1, -0.05) is 50.1 Å². The van der Waals surface area contributed by atoms with E-state index in [0.717, 1.165) is 24.0 Å². The summed E-state index contributed by atoms with van der Waals surface area (Å²) in [5, 5.41) is 2.93. The molecule has 0 spiro atoms. The van der Waals surface area contributed by atoms with E-state index in [0.29, 0.717) is 25.3 Å². The van der Waals surface area contributed by atoms with Crippen LogP contribution in [0.4, 0.5) is 4.39 Å². The monoisotopic (exact) mass is 414 g/mol. The lowest BCUT2D eigenvalue weighted by Gasteiger charge is -2.30. The fourth-order valence-electron chi connectivity index (χ4n) is 3.19. The molecular weight excluding hydrogens is 383 g/mol. The number of benzene rings is 2. The molecule has 2 amide bonds. The van der Waals surface area contributed by atoms with E-state index >= 15 is 0 Å². The van der Waals surface area contributed by atoms with Crippen LogP contribution < -0.4 is 10.1 Å². The molecule has 1 unspecified atom stereocenters. The van der Waals surface area contributed by atoms with Gasteiger partial charge in [-0.15, -0.1) is 0 Å². The van der Waals surface area contributed by atoms with E-state index in [1.54, 1.807) is 4.90 Å². The van der Waals surface area contributed by atoms with E-state index in [1.165, 1.54) is 24.3 Å². The highest BCUT2D eigenvalue weighted by molar-refractivity contribution is 5.88. The van der Waals surface area contributed by atoms with Crippen molar-refractivity contribution in [1.29, 1.82) is 0 Å².